The Balaban J connectivity index is 1.91. The van der Waals surface area contributed by atoms with Gasteiger partial charge >= 0.3 is 0 Å². The van der Waals surface area contributed by atoms with Gasteiger partial charge < -0.3 is 14.1 Å². The van der Waals surface area contributed by atoms with E-state index in [2.05, 4.69) is 18.8 Å². The maximum absolute atomic E-state index is 12.4. The molecule has 0 saturated heterocycles. The molecule has 5 nitrogen and oxygen atoms in total. The first-order valence-corrected chi connectivity index (χ1v) is 8.37. The zero-order valence-electron chi connectivity index (χ0n) is 14.7. The van der Waals surface area contributed by atoms with Gasteiger partial charge in [0, 0.05) is 38.6 Å². The predicted molar refractivity (Wildman–Crippen MR) is 93.6 cm³/mol. The summed E-state index contributed by atoms with van der Waals surface area (Å²) in [7, 11) is 1.65. The van der Waals surface area contributed by atoms with Gasteiger partial charge in [-0.1, -0.05) is 44.2 Å². The third kappa shape index (κ3) is 5.49. The van der Waals surface area contributed by atoms with E-state index in [1.807, 2.05) is 35.2 Å². The maximum atomic E-state index is 12.4. The maximum Gasteiger partial charge on any atom is 0.223 e. The number of hydrogen-bond acceptors (Lipinski definition) is 4. The lowest BCUT2D eigenvalue weighted by molar-refractivity contribution is -0.132. The van der Waals surface area contributed by atoms with E-state index in [-0.39, 0.29) is 5.91 Å². The molecule has 0 bridgehead atoms. The highest BCUT2D eigenvalue weighted by Gasteiger charge is 2.16. The van der Waals surface area contributed by atoms with Crippen LogP contribution in [0.4, 0.5) is 0 Å². The van der Waals surface area contributed by atoms with E-state index in [4.69, 9.17) is 9.15 Å². The molecule has 5 heteroatoms. The number of carbonyl (C=O) groups is 1. The lowest BCUT2D eigenvalue weighted by Crippen LogP contribution is -2.36. The summed E-state index contributed by atoms with van der Waals surface area (Å²) in [6, 6.07) is 9.83. The number of aromatic nitrogens is 1. The van der Waals surface area contributed by atoms with Crippen molar-refractivity contribution in [2.75, 3.05) is 26.8 Å². The summed E-state index contributed by atoms with van der Waals surface area (Å²) < 4.78 is 10.8. The van der Waals surface area contributed by atoms with Gasteiger partial charge in [0.25, 0.3) is 0 Å². The van der Waals surface area contributed by atoms with E-state index in [1.165, 1.54) is 0 Å². The lowest BCUT2D eigenvalue weighted by Gasteiger charge is -2.24. The average molecular weight is 330 g/mol. The molecule has 0 N–H and O–H groups in total. The van der Waals surface area contributed by atoms with Gasteiger partial charge in [-0.2, -0.15) is 0 Å². The highest BCUT2D eigenvalue weighted by molar-refractivity contribution is 5.76. The Kier molecular flexibility index (Phi) is 7.00. The normalized spacial score (nSPS) is 11.0. The molecule has 24 heavy (non-hydrogen) atoms. The van der Waals surface area contributed by atoms with Crippen LogP contribution in [-0.4, -0.2) is 42.6 Å². The second kappa shape index (κ2) is 9.23. The third-order valence-electron chi connectivity index (χ3n) is 3.67. The Labute approximate surface area is 143 Å². The lowest BCUT2D eigenvalue weighted by atomic mass is 10.2. The number of benzene rings is 1. The van der Waals surface area contributed by atoms with Crippen molar-refractivity contribution >= 4 is 5.91 Å². The van der Waals surface area contributed by atoms with E-state index >= 15 is 0 Å². The molecule has 0 fully saturated rings. The molecule has 0 atom stereocenters. The fourth-order valence-electron chi connectivity index (χ4n) is 2.49. The SMILES string of the molecule is COCCN(CC(C)C)C(=O)CCc1ncc(-c2ccccc2)o1. The molecule has 0 aliphatic rings. The first-order chi connectivity index (χ1) is 11.6. The first-order valence-electron chi connectivity index (χ1n) is 8.37. The van der Waals surface area contributed by atoms with Gasteiger partial charge in [0.05, 0.1) is 12.8 Å². The van der Waals surface area contributed by atoms with Crippen molar-refractivity contribution in [2.24, 2.45) is 5.92 Å². The van der Waals surface area contributed by atoms with Gasteiger partial charge in [0.1, 0.15) is 0 Å². The number of hydrogen-bond donors (Lipinski definition) is 0. The minimum Gasteiger partial charge on any atom is -0.441 e. The van der Waals surface area contributed by atoms with Crippen molar-refractivity contribution in [1.82, 2.24) is 9.88 Å². The van der Waals surface area contributed by atoms with Gasteiger partial charge in [-0.25, -0.2) is 4.98 Å². The van der Waals surface area contributed by atoms with E-state index < -0.39 is 0 Å². The fourth-order valence-corrected chi connectivity index (χ4v) is 2.49. The fraction of sp³-hybridized carbons (Fsp3) is 0.474. The molecule has 0 aliphatic heterocycles. The molecule has 1 heterocycles. The monoisotopic (exact) mass is 330 g/mol. The van der Waals surface area contributed by atoms with Gasteiger partial charge in [0.2, 0.25) is 5.91 Å². The van der Waals surface area contributed by atoms with Crippen LogP contribution >= 0.6 is 0 Å². The number of nitrogens with zero attached hydrogens (tertiary/aromatic N) is 2. The average Bonchev–Trinajstić information content (AvgIpc) is 3.06. The Bertz CT molecular complexity index is 623. The van der Waals surface area contributed by atoms with Crippen LogP contribution < -0.4 is 0 Å². The molecule has 0 unspecified atom stereocenters. The van der Waals surface area contributed by atoms with E-state index in [0.29, 0.717) is 37.8 Å². The molecular weight excluding hydrogens is 304 g/mol. The van der Waals surface area contributed by atoms with Crippen molar-refractivity contribution in [3.63, 3.8) is 0 Å². The minimum absolute atomic E-state index is 0.111. The molecule has 1 aromatic carbocycles. The van der Waals surface area contributed by atoms with Crippen LogP contribution in [0.25, 0.3) is 11.3 Å². The van der Waals surface area contributed by atoms with Crippen molar-refractivity contribution < 1.29 is 13.9 Å². The van der Waals surface area contributed by atoms with Gasteiger partial charge in [-0.15, -0.1) is 0 Å². The minimum atomic E-state index is 0.111. The zero-order chi connectivity index (χ0) is 17.4. The largest absolute Gasteiger partial charge is 0.441 e. The number of aryl methyl sites for hydroxylation is 1. The molecule has 2 aromatic rings. The predicted octanol–water partition coefficient (Wildman–Crippen LogP) is 3.41. The topological polar surface area (TPSA) is 55.6 Å². The number of carbonyl (C=O) groups excluding carboxylic acids is 1. The Hall–Kier alpha value is -2.14. The number of methoxy groups -OCH3 is 1. The van der Waals surface area contributed by atoms with Crippen LogP contribution in [0.1, 0.15) is 26.2 Å². The van der Waals surface area contributed by atoms with Crippen LogP contribution in [0, 0.1) is 5.92 Å². The van der Waals surface area contributed by atoms with Crippen molar-refractivity contribution in [1.29, 1.82) is 0 Å². The molecule has 1 aromatic heterocycles. The molecular formula is C19H26N2O3. The molecule has 2 rings (SSSR count). The molecule has 0 saturated carbocycles. The highest BCUT2D eigenvalue weighted by Crippen LogP contribution is 2.20. The van der Waals surface area contributed by atoms with E-state index in [1.54, 1.807) is 13.3 Å². The van der Waals surface area contributed by atoms with Crippen molar-refractivity contribution in [3.8, 4) is 11.3 Å². The molecule has 0 radical (unpaired) electrons. The van der Waals surface area contributed by atoms with Crippen LogP contribution in [0.5, 0.6) is 0 Å². The summed E-state index contributed by atoms with van der Waals surface area (Å²) >= 11 is 0. The standard InChI is InChI=1S/C19H26N2O3/c1-15(2)14-21(11-12-23-3)19(22)10-9-18-20-13-17(24-18)16-7-5-4-6-8-16/h4-8,13,15H,9-12,14H2,1-3H3. The number of oxazole rings is 1. The van der Waals surface area contributed by atoms with Crippen LogP contribution in [0.3, 0.4) is 0 Å². The Morgan fingerprint density at radius 1 is 1.29 bits per heavy atom. The summed E-state index contributed by atoms with van der Waals surface area (Å²) in [6.07, 6.45) is 2.62. The van der Waals surface area contributed by atoms with Crippen LogP contribution in [0.2, 0.25) is 0 Å². The molecule has 0 aliphatic carbocycles. The Morgan fingerprint density at radius 2 is 2.04 bits per heavy atom. The summed E-state index contributed by atoms with van der Waals surface area (Å²) in [4.78, 5) is 18.6. The molecule has 1 amide bonds. The number of amides is 1. The van der Waals surface area contributed by atoms with Gasteiger partial charge in [-0.3, -0.25) is 4.79 Å². The second-order valence-corrected chi connectivity index (χ2v) is 6.21. The third-order valence-corrected chi connectivity index (χ3v) is 3.67. The van der Waals surface area contributed by atoms with Gasteiger partial charge in [-0.05, 0) is 5.92 Å². The summed E-state index contributed by atoms with van der Waals surface area (Å²) in [5, 5.41) is 0. The van der Waals surface area contributed by atoms with E-state index in [9.17, 15) is 4.79 Å². The van der Waals surface area contributed by atoms with Crippen molar-refractivity contribution in [3.05, 3.63) is 42.4 Å². The quantitative estimate of drug-likeness (QED) is 0.707. The highest BCUT2D eigenvalue weighted by atomic mass is 16.5. The first kappa shape index (κ1) is 18.2. The van der Waals surface area contributed by atoms with Crippen LogP contribution in [0.15, 0.2) is 40.9 Å². The van der Waals surface area contributed by atoms with E-state index in [0.717, 1.165) is 17.9 Å². The van der Waals surface area contributed by atoms with Crippen LogP contribution in [-0.2, 0) is 16.0 Å². The van der Waals surface area contributed by atoms with Crippen molar-refractivity contribution in [2.45, 2.75) is 26.7 Å². The zero-order valence-corrected chi connectivity index (χ0v) is 14.7. The summed E-state index contributed by atoms with van der Waals surface area (Å²) in [6.45, 7) is 6.12. The summed E-state index contributed by atoms with van der Waals surface area (Å²) in [5.41, 5.74) is 0.990. The number of ether oxygens (including phenoxy) is 1. The Morgan fingerprint density at radius 3 is 2.71 bits per heavy atom. The molecule has 0 spiro atoms. The summed E-state index contributed by atoms with van der Waals surface area (Å²) in [5.74, 6) is 1.87. The second-order valence-electron chi connectivity index (χ2n) is 6.21. The van der Waals surface area contributed by atoms with Gasteiger partial charge in [0.15, 0.2) is 11.7 Å². The number of rotatable bonds is 9. The molecule has 130 valence electrons. The smallest absolute Gasteiger partial charge is 0.223 e.